The van der Waals surface area contributed by atoms with Crippen LogP contribution >= 0.6 is 0 Å². The van der Waals surface area contributed by atoms with Crippen LogP contribution < -0.4 is 4.74 Å². The number of imidazole rings is 1. The summed E-state index contributed by atoms with van der Waals surface area (Å²) in [5, 5.41) is 0. The van der Waals surface area contributed by atoms with Gasteiger partial charge in [-0.1, -0.05) is 13.8 Å². The second kappa shape index (κ2) is 10.8. The molecule has 2 aliphatic heterocycles. The van der Waals surface area contributed by atoms with E-state index in [1.807, 2.05) is 49.2 Å². The van der Waals surface area contributed by atoms with Crippen LogP contribution in [0, 0.1) is 5.92 Å². The van der Waals surface area contributed by atoms with Gasteiger partial charge in [-0.05, 0) is 67.0 Å². The van der Waals surface area contributed by atoms with Crippen molar-refractivity contribution in [2.45, 2.75) is 45.4 Å². The molecular formula is C26H34N4O3. The van der Waals surface area contributed by atoms with Crippen LogP contribution in [0.1, 0.15) is 60.8 Å². The highest BCUT2D eigenvalue weighted by Crippen LogP contribution is 2.32. The number of carbonyl (C=O) groups is 1. The maximum atomic E-state index is 12.9. The standard InChI is InChI=1S/C24H28N4O3.C2H6/c1-30-19-4-2-18(3-5-19)24(29)28-11-7-17(8-12-28)20-6-10-25-23-22(20)26-21(27-23)14-16-9-13-31-15-16;1-2/h2-6,10,16-17H,7-9,11-15H2,1H3,(H,25,26,27);1-2H3. The lowest BCUT2D eigenvalue weighted by molar-refractivity contribution is 0.0713. The maximum Gasteiger partial charge on any atom is 0.253 e. The molecule has 7 nitrogen and oxygen atoms in total. The van der Waals surface area contributed by atoms with Gasteiger partial charge in [0.25, 0.3) is 5.91 Å². The number of pyridine rings is 1. The molecule has 176 valence electrons. The zero-order valence-corrected chi connectivity index (χ0v) is 19.8. The van der Waals surface area contributed by atoms with Crippen molar-refractivity contribution in [2.24, 2.45) is 5.92 Å². The number of rotatable bonds is 5. The van der Waals surface area contributed by atoms with Crippen LogP contribution in [-0.2, 0) is 11.2 Å². The van der Waals surface area contributed by atoms with Gasteiger partial charge < -0.3 is 19.4 Å². The minimum Gasteiger partial charge on any atom is -0.497 e. The number of nitrogens with zero attached hydrogens (tertiary/aromatic N) is 3. The van der Waals surface area contributed by atoms with E-state index < -0.39 is 0 Å². The number of aromatic amines is 1. The van der Waals surface area contributed by atoms with Gasteiger partial charge in [0.15, 0.2) is 5.65 Å². The highest BCUT2D eigenvalue weighted by molar-refractivity contribution is 5.94. The highest BCUT2D eigenvalue weighted by Gasteiger charge is 2.27. The number of methoxy groups -OCH3 is 1. The number of aromatic nitrogens is 3. The van der Waals surface area contributed by atoms with E-state index in [1.54, 1.807) is 7.11 Å². The van der Waals surface area contributed by atoms with Gasteiger partial charge in [0.05, 0.1) is 12.6 Å². The summed E-state index contributed by atoms with van der Waals surface area (Å²) >= 11 is 0. The molecule has 2 aromatic heterocycles. The molecule has 0 aliphatic carbocycles. The smallest absolute Gasteiger partial charge is 0.253 e. The topological polar surface area (TPSA) is 80.3 Å². The number of fused-ring (bicyclic) bond motifs is 1. The Kier molecular flexibility index (Phi) is 7.60. The van der Waals surface area contributed by atoms with Crippen molar-refractivity contribution in [3.63, 3.8) is 0 Å². The highest BCUT2D eigenvalue weighted by atomic mass is 16.5. The number of ether oxygens (including phenoxy) is 2. The molecule has 0 saturated carbocycles. The molecule has 0 bridgehead atoms. The Bertz CT molecular complexity index is 1050. The predicted octanol–water partition coefficient (Wildman–Crippen LogP) is 4.59. The lowest BCUT2D eigenvalue weighted by atomic mass is 9.89. The van der Waals surface area contributed by atoms with Crippen LogP contribution in [0.15, 0.2) is 36.5 Å². The van der Waals surface area contributed by atoms with Crippen molar-refractivity contribution in [3.8, 4) is 5.75 Å². The molecule has 7 heteroatoms. The molecule has 0 radical (unpaired) electrons. The zero-order valence-electron chi connectivity index (χ0n) is 19.8. The van der Waals surface area contributed by atoms with E-state index in [-0.39, 0.29) is 5.91 Å². The fourth-order valence-corrected chi connectivity index (χ4v) is 4.74. The molecular weight excluding hydrogens is 416 g/mol. The minimum absolute atomic E-state index is 0.0867. The number of H-pyrrole nitrogens is 1. The molecule has 2 aliphatic rings. The van der Waals surface area contributed by atoms with Gasteiger partial charge in [0, 0.05) is 44.5 Å². The number of piperidine rings is 1. The van der Waals surface area contributed by atoms with E-state index in [0.717, 1.165) is 74.7 Å². The van der Waals surface area contributed by atoms with Gasteiger partial charge in [0.2, 0.25) is 0 Å². The second-order valence-electron chi connectivity index (χ2n) is 8.51. The predicted molar refractivity (Wildman–Crippen MR) is 129 cm³/mol. The monoisotopic (exact) mass is 450 g/mol. The summed E-state index contributed by atoms with van der Waals surface area (Å²) in [5.74, 6) is 2.78. The first kappa shape index (κ1) is 23.2. The summed E-state index contributed by atoms with van der Waals surface area (Å²) in [6.45, 7) is 7.17. The van der Waals surface area contributed by atoms with E-state index in [9.17, 15) is 4.79 Å². The quantitative estimate of drug-likeness (QED) is 0.615. The molecule has 33 heavy (non-hydrogen) atoms. The van der Waals surface area contributed by atoms with E-state index in [0.29, 0.717) is 17.4 Å². The van der Waals surface area contributed by atoms with Crippen molar-refractivity contribution in [3.05, 3.63) is 53.5 Å². The number of hydrogen-bond donors (Lipinski definition) is 1. The van der Waals surface area contributed by atoms with Gasteiger partial charge >= 0.3 is 0 Å². The second-order valence-corrected chi connectivity index (χ2v) is 8.51. The molecule has 1 amide bonds. The Hall–Kier alpha value is -2.93. The van der Waals surface area contributed by atoms with Crippen LogP contribution in [-0.4, -0.2) is 59.2 Å². The van der Waals surface area contributed by atoms with Gasteiger partial charge in [-0.2, -0.15) is 0 Å². The fourth-order valence-electron chi connectivity index (χ4n) is 4.74. The van der Waals surface area contributed by atoms with Gasteiger partial charge in [-0.25, -0.2) is 9.97 Å². The summed E-state index contributed by atoms with van der Waals surface area (Å²) in [5.41, 5.74) is 3.82. The van der Waals surface area contributed by atoms with Gasteiger partial charge in [-0.3, -0.25) is 4.79 Å². The van der Waals surface area contributed by atoms with E-state index in [2.05, 4.69) is 16.0 Å². The molecule has 1 aromatic carbocycles. The van der Waals surface area contributed by atoms with Crippen LogP contribution in [0.4, 0.5) is 0 Å². The Morgan fingerprint density at radius 2 is 1.91 bits per heavy atom. The number of likely N-dealkylation sites (tertiary alicyclic amines) is 1. The minimum atomic E-state index is 0.0867. The van der Waals surface area contributed by atoms with Crippen LogP contribution in [0.5, 0.6) is 5.75 Å². The summed E-state index contributed by atoms with van der Waals surface area (Å²) in [6.07, 6.45) is 5.73. The lowest BCUT2D eigenvalue weighted by Crippen LogP contribution is -2.37. The first-order chi connectivity index (χ1) is 16.2. The Labute approximate surface area is 195 Å². The number of carbonyl (C=O) groups excluding carboxylic acids is 1. The molecule has 2 fully saturated rings. The van der Waals surface area contributed by atoms with Gasteiger partial charge in [-0.15, -0.1) is 0 Å². The van der Waals surface area contributed by atoms with Crippen molar-refractivity contribution in [1.29, 1.82) is 0 Å². The number of amides is 1. The molecule has 1 atom stereocenters. The Morgan fingerprint density at radius 3 is 2.58 bits per heavy atom. The average Bonchev–Trinajstić information content (AvgIpc) is 3.54. The maximum absolute atomic E-state index is 12.9. The van der Waals surface area contributed by atoms with Crippen LogP contribution in [0.25, 0.3) is 11.2 Å². The van der Waals surface area contributed by atoms with E-state index in [1.165, 1.54) is 5.56 Å². The third-order valence-corrected chi connectivity index (χ3v) is 6.54. The lowest BCUT2D eigenvalue weighted by Gasteiger charge is -2.32. The van der Waals surface area contributed by atoms with Crippen LogP contribution in [0.2, 0.25) is 0 Å². The summed E-state index contributed by atoms with van der Waals surface area (Å²) in [6, 6.07) is 9.44. The Morgan fingerprint density at radius 1 is 1.15 bits per heavy atom. The zero-order chi connectivity index (χ0) is 23.2. The van der Waals surface area contributed by atoms with Crippen molar-refractivity contribution in [1.82, 2.24) is 19.9 Å². The number of benzene rings is 1. The molecule has 0 spiro atoms. The normalized spacial score (nSPS) is 18.8. The van der Waals surface area contributed by atoms with Crippen molar-refractivity contribution in [2.75, 3.05) is 33.4 Å². The summed E-state index contributed by atoms with van der Waals surface area (Å²) in [4.78, 5) is 27.6. The Balaban J connectivity index is 0.00000126. The van der Waals surface area contributed by atoms with Crippen molar-refractivity contribution < 1.29 is 14.3 Å². The number of hydrogen-bond acceptors (Lipinski definition) is 5. The first-order valence-electron chi connectivity index (χ1n) is 12.1. The average molecular weight is 451 g/mol. The van der Waals surface area contributed by atoms with Gasteiger partial charge in [0.1, 0.15) is 11.6 Å². The summed E-state index contributed by atoms with van der Waals surface area (Å²) < 4.78 is 10.7. The molecule has 1 N–H and O–H groups in total. The van der Waals surface area contributed by atoms with Crippen molar-refractivity contribution >= 4 is 17.1 Å². The van der Waals surface area contributed by atoms with E-state index in [4.69, 9.17) is 14.5 Å². The SMILES string of the molecule is CC.COc1ccc(C(=O)N2CCC(c3ccnc4nc(CC5CCOC5)[nH]c34)CC2)cc1. The fraction of sp³-hybridized carbons (Fsp3) is 0.500. The molecule has 2 saturated heterocycles. The summed E-state index contributed by atoms with van der Waals surface area (Å²) in [7, 11) is 1.63. The van der Waals surface area contributed by atoms with Crippen LogP contribution in [0.3, 0.4) is 0 Å². The first-order valence-corrected chi connectivity index (χ1v) is 12.1. The van der Waals surface area contributed by atoms with E-state index >= 15 is 0 Å². The third-order valence-electron chi connectivity index (χ3n) is 6.54. The molecule has 3 aromatic rings. The molecule has 5 rings (SSSR count). The third kappa shape index (κ3) is 5.19. The largest absolute Gasteiger partial charge is 0.497 e. The molecule has 4 heterocycles. The number of nitrogens with one attached hydrogen (secondary N) is 1. The molecule has 1 unspecified atom stereocenters.